The number of likely N-dealkylation sites (N-methyl/N-ethyl adjacent to an activating group) is 1. The van der Waals surface area contributed by atoms with Crippen molar-refractivity contribution in [2.24, 2.45) is 5.73 Å². The van der Waals surface area contributed by atoms with Crippen LogP contribution in [-0.4, -0.2) is 51.0 Å². The second-order valence-electron chi connectivity index (χ2n) is 6.58. The van der Waals surface area contributed by atoms with Crippen molar-refractivity contribution < 1.29 is 14.7 Å². The van der Waals surface area contributed by atoms with Gasteiger partial charge in [-0.15, -0.1) is 11.3 Å². The van der Waals surface area contributed by atoms with Crippen molar-refractivity contribution in [1.29, 1.82) is 0 Å². The molecule has 4 rings (SSSR count). The summed E-state index contributed by atoms with van der Waals surface area (Å²) >= 11 is 1.44. The molecular formula is C20H16N4O3S. The average Bonchev–Trinajstić information content (AvgIpc) is 3.26. The second-order valence-corrected chi connectivity index (χ2v) is 7.47. The van der Waals surface area contributed by atoms with Crippen molar-refractivity contribution in [3.63, 3.8) is 0 Å². The Morgan fingerprint density at radius 3 is 2.93 bits per heavy atom. The smallest absolute Gasteiger partial charge is 0.267 e. The molecule has 3 heterocycles. The topological polar surface area (TPSA) is 109 Å². The molecule has 1 aliphatic heterocycles. The molecule has 1 unspecified atom stereocenters. The highest BCUT2D eigenvalue weighted by molar-refractivity contribution is 7.16. The fraction of sp³-hybridized carbons (Fsp3) is 0.200. The Kier molecular flexibility index (Phi) is 4.34. The minimum atomic E-state index is -1.66. The van der Waals surface area contributed by atoms with E-state index < -0.39 is 17.4 Å². The lowest BCUT2D eigenvalue weighted by atomic mass is 10.0. The van der Waals surface area contributed by atoms with Gasteiger partial charge in [-0.2, -0.15) is 0 Å². The summed E-state index contributed by atoms with van der Waals surface area (Å²) in [6.45, 7) is 0.465. The van der Waals surface area contributed by atoms with Gasteiger partial charge in [-0.25, -0.2) is 9.97 Å². The van der Waals surface area contributed by atoms with Crippen molar-refractivity contribution in [3.8, 4) is 23.1 Å². The van der Waals surface area contributed by atoms with Crippen molar-refractivity contribution >= 4 is 33.4 Å². The van der Waals surface area contributed by atoms with Gasteiger partial charge in [0.15, 0.2) is 0 Å². The van der Waals surface area contributed by atoms with Gasteiger partial charge < -0.3 is 15.7 Å². The van der Waals surface area contributed by atoms with Crippen LogP contribution in [-0.2, 0) is 4.79 Å². The lowest BCUT2D eigenvalue weighted by Gasteiger charge is -2.13. The Labute approximate surface area is 164 Å². The van der Waals surface area contributed by atoms with Crippen LogP contribution < -0.4 is 5.73 Å². The van der Waals surface area contributed by atoms with E-state index >= 15 is 0 Å². The molecule has 1 aliphatic rings. The van der Waals surface area contributed by atoms with Crippen LogP contribution >= 0.6 is 11.3 Å². The Bertz CT molecular complexity index is 1180. The standard InChI is InChI=1S/C20H16N4O3S/c1-24-8-7-20(27,19(24)26)6-5-12-9-13(17-16(10-12)28-11-22-17)14-3-2-4-15(23-14)18(21)25/h2-4,9-11,27H,7-8H2,1H3,(H2,21,25). The number of nitrogens with zero attached hydrogens (tertiary/aromatic N) is 3. The number of benzene rings is 1. The minimum Gasteiger partial charge on any atom is -0.369 e. The van der Waals surface area contributed by atoms with E-state index in [1.165, 1.54) is 16.2 Å². The zero-order valence-electron chi connectivity index (χ0n) is 15.0. The van der Waals surface area contributed by atoms with Crippen molar-refractivity contribution in [2.75, 3.05) is 13.6 Å². The summed E-state index contributed by atoms with van der Waals surface area (Å²) in [4.78, 5) is 33.8. The minimum absolute atomic E-state index is 0.159. The maximum absolute atomic E-state index is 12.1. The Morgan fingerprint density at radius 1 is 1.39 bits per heavy atom. The molecule has 1 fully saturated rings. The number of thiazole rings is 1. The normalized spacial score (nSPS) is 18.9. The first kappa shape index (κ1) is 18.1. The van der Waals surface area contributed by atoms with E-state index in [-0.39, 0.29) is 12.1 Å². The summed E-state index contributed by atoms with van der Waals surface area (Å²) in [7, 11) is 1.64. The highest BCUT2D eigenvalue weighted by Crippen LogP contribution is 2.30. The van der Waals surface area contributed by atoms with E-state index in [0.717, 1.165) is 10.2 Å². The van der Waals surface area contributed by atoms with Crippen LogP contribution in [0.5, 0.6) is 0 Å². The summed E-state index contributed by atoms with van der Waals surface area (Å²) in [5, 5.41) is 10.5. The van der Waals surface area contributed by atoms with Gasteiger partial charge in [-0.1, -0.05) is 17.9 Å². The zero-order chi connectivity index (χ0) is 19.9. The molecule has 0 bridgehead atoms. The van der Waals surface area contributed by atoms with E-state index in [1.54, 1.807) is 36.8 Å². The second kappa shape index (κ2) is 6.71. The number of likely N-dealkylation sites (tertiary alicyclic amines) is 1. The number of aromatic nitrogens is 2. The molecule has 0 spiro atoms. The van der Waals surface area contributed by atoms with Gasteiger partial charge >= 0.3 is 0 Å². The number of amides is 2. The number of hydrogen-bond acceptors (Lipinski definition) is 6. The number of fused-ring (bicyclic) bond motifs is 1. The average molecular weight is 392 g/mol. The molecule has 1 saturated heterocycles. The van der Waals surface area contributed by atoms with E-state index in [9.17, 15) is 14.7 Å². The molecule has 7 nitrogen and oxygen atoms in total. The van der Waals surface area contributed by atoms with Gasteiger partial charge in [0, 0.05) is 31.1 Å². The quantitative estimate of drug-likeness (QED) is 0.641. The predicted octanol–water partition coefficient (Wildman–Crippen LogP) is 1.40. The summed E-state index contributed by atoms with van der Waals surface area (Å²) in [6.07, 6.45) is 0.271. The zero-order valence-corrected chi connectivity index (χ0v) is 15.8. The molecule has 0 saturated carbocycles. The third-order valence-electron chi connectivity index (χ3n) is 4.64. The van der Waals surface area contributed by atoms with Crippen LogP contribution in [0.15, 0.2) is 35.8 Å². The molecular weight excluding hydrogens is 376 g/mol. The van der Waals surface area contributed by atoms with Gasteiger partial charge in [0.2, 0.25) is 5.60 Å². The first-order valence-electron chi connectivity index (χ1n) is 8.53. The van der Waals surface area contributed by atoms with Crippen molar-refractivity contribution in [1.82, 2.24) is 14.9 Å². The number of pyridine rings is 1. The lowest BCUT2D eigenvalue weighted by Crippen LogP contribution is -2.37. The summed E-state index contributed by atoms with van der Waals surface area (Å²) < 4.78 is 0.884. The third-order valence-corrected chi connectivity index (χ3v) is 5.41. The van der Waals surface area contributed by atoms with Crippen LogP contribution in [0.25, 0.3) is 21.5 Å². The van der Waals surface area contributed by atoms with Gasteiger partial charge in [0.1, 0.15) is 5.69 Å². The Morgan fingerprint density at radius 2 is 2.21 bits per heavy atom. The third kappa shape index (κ3) is 3.11. The molecule has 2 amide bonds. The number of primary amides is 1. The van der Waals surface area contributed by atoms with Crippen LogP contribution in [0, 0.1) is 11.8 Å². The van der Waals surface area contributed by atoms with Crippen LogP contribution in [0.2, 0.25) is 0 Å². The summed E-state index contributed by atoms with van der Waals surface area (Å²) in [5.74, 6) is 4.64. The fourth-order valence-electron chi connectivity index (χ4n) is 3.10. The van der Waals surface area contributed by atoms with Crippen LogP contribution in [0.4, 0.5) is 0 Å². The SMILES string of the molecule is CN1CCC(O)(C#Cc2cc(-c3cccc(C(N)=O)n3)c3ncsc3c2)C1=O. The number of aliphatic hydroxyl groups is 1. The van der Waals surface area contributed by atoms with Gasteiger partial charge in [0.05, 0.1) is 21.4 Å². The Balaban J connectivity index is 1.81. The molecule has 2 aromatic heterocycles. The maximum atomic E-state index is 12.1. The molecule has 140 valence electrons. The first-order valence-corrected chi connectivity index (χ1v) is 9.41. The van der Waals surface area contributed by atoms with E-state index in [1.807, 2.05) is 6.07 Å². The van der Waals surface area contributed by atoms with E-state index in [4.69, 9.17) is 5.73 Å². The van der Waals surface area contributed by atoms with Gasteiger partial charge in [-0.05, 0) is 24.3 Å². The highest BCUT2D eigenvalue weighted by atomic mass is 32.1. The number of carbonyl (C=O) groups excluding carboxylic acids is 2. The summed E-state index contributed by atoms with van der Waals surface area (Å²) in [6, 6.07) is 8.66. The first-order chi connectivity index (χ1) is 13.4. The monoisotopic (exact) mass is 392 g/mol. The lowest BCUT2D eigenvalue weighted by molar-refractivity contribution is -0.137. The molecule has 28 heavy (non-hydrogen) atoms. The number of nitrogens with two attached hydrogens (primary N) is 1. The molecule has 3 N–H and O–H groups in total. The van der Waals surface area contributed by atoms with E-state index in [2.05, 4.69) is 21.8 Å². The van der Waals surface area contributed by atoms with Crippen LogP contribution in [0.3, 0.4) is 0 Å². The molecule has 1 aromatic carbocycles. The van der Waals surface area contributed by atoms with Gasteiger partial charge in [-0.3, -0.25) is 9.59 Å². The Hall–Kier alpha value is -3.28. The number of hydrogen-bond donors (Lipinski definition) is 2. The van der Waals surface area contributed by atoms with Crippen molar-refractivity contribution in [3.05, 3.63) is 47.1 Å². The number of carbonyl (C=O) groups is 2. The molecule has 0 radical (unpaired) electrons. The largest absolute Gasteiger partial charge is 0.369 e. The highest BCUT2D eigenvalue weighted by Gasteiger charge is 2.42. The maximum Gasteiger partial charge on any atom is 0.267 e. The van der Waals surface area contributed by atoms with Crippen molar-refractivity contribution in [2.45, 2.75) is 12.0 Å². The molecule has 8 heteroatoms. The predicted molar refractivity (Wildman–Crippen MR) is 105 cm³/mol. The summed E-state index contributed by atoms with van der Waals surface area (Å²) in [5.41, 5.74) is 8.15. The number of rotatable bonds is 2. The fourth-order valence-corrected chi connectivity index (χ4v) is 3.84. The molecule has 0 aliphatic carbocycles. The molecule has 3 aromatic rings. The van der Waals surface area contributed by atoms with Crippen LogP contribution in [0.1, 0.15) is 22.5 Å². The van der Waals surface area contributed by atoms with Gasteiger partial charge in [0.25, 0.3) is 11.8 Å². The molecule has 1 atom stereocenters. The van der Waals surface area contributed by atoms with E-state index in [0.29, 0.717) is 23.4 Å².